The summed E-state index contributed by atoms with van der Waals surface area (Å²) in [6.07, 6.45) is 2.41. The van der Waals surface area contributed by atoms with Gasteiger partial charge in [0.05, 0.1) is 12.3 Å². The smallest absolute Gasteiger partial charge is 0.191 e. The summed E-state index contributed by atoms with van der Waals surface area (Å²) >= 11 is 0. The third-order valence-electron chi connectivity index (χ3n) is 3.60. The van der Waals surface area contributed by atoms with Gasteiger partial charge in [0, 0.05) is 19.5 Å². The number of aryl methyl sites for hydroxylation is 1. The van der Waals surface area contributed by atoms with Gasteiger partial charge in [-0.3, -0.25) is 4.99 Å². The molecule has 0 radical (unpaired) electrons. The summed E-state index contributed by atoms with van der Waals surface area (Å²) in [4.78, 5) is 4.53. The lowest BCUT2D eigenvalue weighted by molar-refractivity contribution is 0.510. The van der Waals surface area contributed by atoms with Gasteiger partial charge < -0.3 is 15.1 Å². The van der Waals surface area contributed by atoms with Crippen LogP contribution in [0.4, 0.5) is 4.39 Å². The maximum Gasteiger partial charge on any atom is 0.191 e. The van der Waals surface area contributed by atoms with Crippen molar-refractivity contribution in [2.75, 3.05) is 13.1 Å². The minimum Gasteiger partial charge on any atom is -0.469 e. The van der Waals surface area contributed by atoms with E-state index in [-0.39, 0.29) is 35.8 Å². The van der Waals surface area contributed by atoms with Crippen molar-refractivity contribution in [2.24, 2.45) is 4.99 Å². The Hall–Kier alpha value is -1.57. The summed E-state index contributed by atoms with van der Waals surface area (Å²) in [7, 11) is 0. The fourth-order valence-electron chi connectivity index (χ4n) is 2.22. The van der Waals surface area contributed by atoms with Gasteiger partial charge in [-0.15, -0.1) is 24.0 Å². The summed E-state index contributed by atoms with van der Waals surface area (Å²) in [5.74, 6) is 1.45. The van der Waals surface area contributed by atoms with Crippen molar-refractivity contribution < 1.29 is 8.81 Å². The minimum atomic E-state index is -0.184. The highest BCUT2D eigenvalue weighted by Gasteiger charge is 2.09. The third-order valence-corrected chi connectivity index (χ3v) is 3.60. The number of benzene rings is 1. The van der Waals surface area contributed by atoms with Crippen molar-refractivity contribution in [3.8, 4) is 0 Å². The zero-order chi connectivity index (χ0) is 16.7. The Morgan fingerprint density at radius 1 is 1.33 bits per heavy atom. The Balaban J connectivity index is 0.00000288. The van der Waals surface area contributed by atoms with Gasteiger partial charge in [-0.2, -0.15) is 0 Å². The predicted octanol–water partition coefficient (Wildman–Crippen LogP) is 4.20. The molecule has 4 nitrogen and oxygen atoms in total. The van der Waals surface area contributed by atoms with Crippen LogP contribution < -0.4 is 10.6 Å². The van der Waals surface area contributed by atoms with Crippen LogP contribution in [0.15, 0.2) is 46.0 Å². The zero-order valence-electron chi connectivity index (χ0n) is 14.3. The summed E-state index contributed by atoms with van der Waals surface area (Å²) in [6.45, 7) is 7.15. The maximum absolute atomic E-state index is 13.7. The first-order chi connectivity index (χ1) is 11.1. The van der Waals surface area contributed by atoms with Crippen molar-refractivity contribution >= 4 is 29.9 Å². The molecule has 0 fully saturated rings. The Labute approximate surface area is 160 Å². The molecule has 0 amide bonds. The van der Waals surface area contributed by atoms with Gasteiger partial charge in [0.15, 0.2) is 5.96 Å². The second-order valence-electron chi connectivity index (χ2n) is 5.46. The van der Waals surface area contributed by atoms with Crippen LogP contribution in [-0.4, -0.2) is 19.0 Å². The maximum atomic E-state index is 13.7. The molecular weight excluding hydrogens is 420 g/mol. The lowest BCUT2D eigenvalue weighted by Gasteiger charge is -2.18. The van der Waals surface area contributed by atoms with E-state index in [9.17, 15) is 4.39 Å². The van der Waals surface area contributed by atoms with Crippen LogP contribution in [0.1, 0.15) is 36.8 Å². The number of hydrogen-bond donors (Lipinski definition) is 2. The third kappa shape index (κ3) is 6.14. The fraction of sp³-hybridized carbons (Fsp3) is 0.389. The van der Waals surface area contributed by atoms with E-state index >= 15 is 0 Å². The van der Waals surface area contributed by atoms with Gasteiger partial charge >= 0.3 is 0 Å². The lowest BCUT2D eigenvalue weighted by atomic mass is 10.1. The molecule has 1 atom stereocenters. The largest absolute Gasteiger partial charge is 0.469 e. The van der Waals surface area contributed by atoms with Crippen molar-refractivity contribution in [1.82, 2.24) is 10.6 Å². The number of rotatable bonds is 6. The Morgan fingerprint density at radius 3 is 2.75 bits per heavy atom. The van der Waals surface area contributed by atoms with Crippen LogP contribution in [0.3, 0.4) is 0 Å². The molecule has 1 heterocycles. The van der Waals surface area contributed by atoms with Crippen LogP contribution >= 0.6 is 24.0 Å². The van der Waals surface area contributed by atoms with Gasteiger partial charge in [0.2, 0.25) is 0 Å². The fourth-order valence-corrected chi connectivity index (χ4v) is 2.22. The molecule has 1 aromatic carbocycles. The van der Waals surface area contributed by atoms with Crippen molar-refractivity contribution in [3.63, 3.8) is 0 Å². The number of hydrogen-bond acceptors (Lipinski definition) is 2. The van der Waals surface area contributed by atoms with Gasteiger partial charge in [-0.25, -0.2) is 4.39 Å². The number of aliphatic imine (C=N–C) groups is 1. The van der Waals surface area contributed by atoms with E-state index in [1.807, 2.05) is 32.0 Å². The lowest BCUT2D eigenvalue weighted by Crippen LogP contribution is -2.38. The van der Waals surface area contributed by atoms with Gasteiger partial charge in [-0.1, -0.05) is 12.1 Å². The molecule has 0 bridgehead atoms. The second-order valence-corrected chi connectivity index (χ2v) is 5.46. The van der Waals surface area contributed by atoms with E-state index < -0.39 is 0 Å². The topological polar surface area (TPSA) is 49.6 Å². The molecule has 2 rings (SSSR count). The van der Waals surface area contributed by atoms with E-state index in [1.165, 1.54) is 0 Å². The van der Waals surface area contributed by atoms with Crippen LogP contribution in [0.2, 0.25) is 0 Å². The van der Waals surface area contributed by atoms with Crippen molar-refractivity contribution in [1.29, 1.82) is 0 Å². The molecule has 2 N–H and O–H groups in total. The first-order valence-electron chi connectivity index (χ1n) is 7.93. The normalized spacial score (nSPS) is 12.4. The van der Waals surface area contributed by atoms with Crippen LogP contribution in [0.5, 0.6) is 0 Å². The first-order valence-corrected chi connectivity index (χ1v) is 7.93. The van der Waals surface area contributed by atoms with Gasteiger partial charge in [0.25, 0.3) is 0 Å². The van der Waals surface area contributed by atoms with E-state index in [1.54, 1.807) is 25.3 Å². The highest BCUT2D eigenvalue weighted by molar-refractivity contribution is 14.0. The standard InChI is InChI=1S/C18H24FN3O.HI/c1-4-20-18(21-10-9-16-6-5-11-23-16)22-14(3)15-8-7-13(2)17(19)12-15;/h5-8,11-12,14H,4,9-10H2,1-3H3,(H2,20,21,22);1H. The highest BCUT2D eigenvalue weighted by atomic mass is 127. The Morgan fingerprint density at radius 2 is 2.12 bits per heavy atom. The quantitative estimate of drug-likeness (QED) is 0.398. The molecular formula is C18H25FIN3O. The molecule has 0 saturated carbocycles. The Bertz CT molecular complexity index is 644. The number of furan rings is 1. The van der Waals surface area contributed by atoms with E-state index in [4.69, 9.17) is 4.42 Å². The zero-order valence-corrected chi connectivity index (χ0v) is 16.6. The average Bonchev–Trinajstić information content (AvgIpc) is 3.03. The monoisotopic (exact) mass is 445 g/mol. The molecule has 0 aliphatic heterocycles. The molecule has 1 unspecified atom stereocenters. The molecule has 1 aromatic heterocycles. The molecule has 0 saturated heterocycles. The van der Waals surface area contributed by atoms with Crippen LogP contribution in [0, 0.1) is 12.7 Å². The predicted molar refractivity (Wildman–Crippen MR) is 106 cm³/mol. The molecule has 2 aromatic rings. The van der Waals surface area contributed by atoms with Crippen molar-refractivity contribution in [3.05, 3.63) is 59.3 Å². The molecule has 6 heteroatoms. The molecule has 0 spiro atoms. The van der Waals surface area contributed by atoms with Crippen molar-refractivity contribution in [2.45, 2.75) is 33.2 Å². The molecule has 0 aliphatic rings. The molecule has 0 aliphatic carbocycles. The van der Waals surface area contributed by atoms with E-state index in [2.05, 4.69) is 15.6 Å². The van der Waals surface area contributed by atoms with Gasteiger partial charge in [0.1, 0.15) is 11.6 Å². The Kier molecular flexibility index (Phi) is 8.81. The number of nitrogens with zero attached hydrogens (tertiary/aromatic N) is 1. The number of halogens is 2. The highest BCUT2D eigenvalue weighted by Crippen LogP contribution is 2.16. The van der Waals surface area contributed by atoms with Gasteiger partial charge in [-0.05, 0) is 50.1 Å². The van der Waals surface area contributed by atoms with E-state index in [0.29, 0.717) is 18.1 Å². The minimum absolute atomic E-state index is 0. The summed E-state index contributed by atoms with van der Waals surface area (Å²) < 4.78 is 19.0. The average molecular weight is 445 g/mol. The summed E-state index contributed by atoms with van der Waals surface area (Å²) in [6, 6.07) is 9.07. The second kappa shape index (κ2) is 10.3. The summed E-state index contributed by atoms with van der Waals surface area (Å²) in [5, 5.41) is 6.51. The molecule has 24 heavy (non-hydrogen) atoms. The first kappa shape index (κ1) is 20.5. The van der Waals surface area contributed by atoms with Crippen LogP contribution in [0.25, 0.3) is 0 Å². The van der Waals surface area contributed by atoms with Crippen LogP contribution in [-0.2, 0) is 6.42 Å². The number of nitrogens with one attached hydrogen (secondary N) is 2. The number of guanidine groups is 1. The van der Waals surface area contributed by atoms with E-state index in [0.717, 1.165) is 24.3 Å². The molecule has 132 valence electrons. The SMILES string of the molecule is CCNC(=NCCc1ccco1)NC(C)c1ccc(C)c(F)c1.I. The summed E-state index contributed by atoms with van der Waals surface area (Å²) in [5.41, 5.74) is 1.55.